The molecule has 140 valence electrons. The smallest absolute Gasteiger partial charge is 0.238 e. The summed E-state index contributed by atoms with van der Waals surface area (Å²) < 4.78 is 58.3. The first-order valence-corrected chi connectivity index (χ1v) is 7.83. The van der Waals surface area contributed by atoms with Crippen LogP contribution >= 0.6 is 0 Å². The highest BCUT2D eigenvalue weighted by Crippen LogP contribution is 2.20. The molecule has 0 heterocycles. The van der Waals surface area contributed by atoms with Gasteiger partial charge in [-0.3, -0.25) is 9.69 Å². The zero-order valence-electron chi connectivity index (χ0n) is 14.3. The van der Waals surface area contributed by atoms with Crippen LogP contribution in [0.4, 0.5) is 23.2 Å². The lowest BCUT2D eigenvalue weighted by molar-refractivity contribution is -0.117. The van der Waals surface area contributed by atoms with Gasteiger partial charge in [0.05, 0.1) is 19.3 Å². The molecular formula is C18H18F4N2O2. The fourth-order valence-corrected chi connectivity index (χ4v) is 2.36. The fraction of sp³-hybridized carbons (Fsp3) is 0.278. The molecule has 4 nitrogen and oxygen atoms in total. The normalized spacial score (nSPS) is 10.9. The fourth-order valence-electron chi connectivity index (χ4n) is 2.36. The van der Waals surface area contributed by atoms with Crippen LogP contribution in [0, 0.1) is 23.3 Å². The molecule has 1 amide bonds. The highest BCUT2D eigenvalue weighted by atomic mass is 19.2. The van der Waals surface area contributed by atoms with Crippen molar-refractivity contribution in [1.29, 1.82) is 0 Å². The van der Waals surface area contributed by atoms with E-state index in [-0.39, 0.29) is 18.8 Å². The third kappa shape index (κ3) is 4.72. The highest BCUT2D eigenvalue weighted by molar-refractivity contribution is 5.92. The van der Waals surface area contributed by atoms with Crippen LogP contribution in [0.1, 0.15) is 12.5 Å². The molecule has 0 aliphatic heterocycles. The van der Waals surface area contributed by atoms with Crippen molar-refractivity contribution in [3.63, 3.8) is 0 Å². The molecular weight excluding hydrogens is 352 g/mol. The summed E-state index contributed by atoms with van der Waals surface area (Å²) in [4.78, 5) is 13.7. The predicted octanol–water partition coefficient (Wildman–Crippen LogP) is 3.71. The first kappa shape index (κ1) is 19.7. The third-order valence-corrected chi connectivity index (χ3v) is 3.75. The Balaban J connectivity index is 2.02. The number of halogens is 4. The van der Waals surface area contributed by atoms with Gasteiger partial charge in [-0.2, -0.15) is 0 Å². The van der Waals surface area contributed by atoms with Gasteiger partial charge < -0.3 is 10.1 Å². The number of nitrogens with zero attached hydrogens (tertiary/aromatic N) is 1. The van der Waals surface area contributed by atoms with Gasteiger partial charge in [0.2, 0.25) is 5.91 Å². The van der Waals surface area contributed by atoms with Gasteiger partial charge in [0.25, 0.3) is 0 Å². The number of methoxy groups -OCH3 is 1. The van der Waals surface area contributed by atoms with Gasteiger partial charge in [0.15, 0.2) is 29.0 Å². The molecule has 0 atom stereocenters. The van der Waals surface area contributed by atoms with Crippen molar-refractivity contribution in [3.05, 3.63) is 59.2 Å². The van der Waals surface area contributed by atoms with E-state index in [0.29, 0.717) is 12.1 Å². The summed E-state index contributed by atoms with van der Waals surface area (Å²) in [6, 6.07) is 6.12. The molecule has 26 heavy (non-hydrogen) atoms. The Morgan fingerprint density at radius 3 is 2.42 bits per heavy atom. The molecule has 1 N–H and O–H groups in total. The quantitative estimate of drug-likeness (QED) is 0.597. The second-order valence-corrected chi connectivity index (χ2v) is 5.54. The number of rotatable bonds is 7. The van der Waals surface area contributed by atoms with Gasteiger partial charge in [-0.15, -0.1) is 0 Å². The van der Waals surface area contributed by atoms with E-state index in [1.807, 2.05) is 0 Å². The van der Waals surface area contributed by atoms with Crippen molar-refractivity contribution >= 4 is 11.6 Å². The van der Waals surface area contributed by atoms with E-state index in [4.69, 9.17) is 4.74 Å². The molecule has 0 fully saturated rings. The summed E-state index contributed by atoms with van der Waals surface area (Å²) in [6.07, 6.45) is 0. The van der Waals surface area contributed by atoms with E-state index in [2.05, 4.69) is 5.32 Å². The molecule has 2 aromatic carbocycles. The topological polar surface area (TPSA) is 41.6 Å². The van der Waals surface area contributed by atoms with Crippen LogP contribution in [-0.4, -0.2) is 31.0 Å². The van der Waals surface area contributed by atoms with Crippen molar-refractivity contribution < 1.29 is 27.1 Å². The SMILES string of the molecule is CCN(CC(=O)Nc1ccc(F)c(F)c1F)Cc1ccc(OC)c(F)c1. The molecule has 2 rings (SSSR count). The van der Waals surface area contributed by atoms with Gasteiger partial charge in [-0.25, -0.2) is 17.6 Å². The van der Waals surface area contributed by atoms with E-state index >= 15 is 0 Å². The first-order valence-electron chi connectivity index (χ1n) is 7.83. The Kier molecular flexibility index (Phi) is 6.57. The van der Waals surface area contributed by atoms with E-state index in [1.54, 1.807) is 17.9 Å². The Hall–Kier alpha value is -2.61. The summed E-state index contributed by atoms with van der Waals surface area (Å²) in [5.74, 6) is -5.46. The highest BCUT2D eigenvalue weighted by Gasteiger charge is 2.17. The van der Waals surface area contributed by atoms with Crippen molar-refractivity contribution in [2.75, 3.05) is 25.5 Å². The van der Waals surface area contributed by atoms with Gasteiger partial charge in [0, 0.05) is 6.54 Å². The number of nitrogens with one attached hydrogen (secondary N) is 1. The van der Waals surface area contributed by atoms with Gasteiger partial charge in [0.1, 0.15) is 0 Å². The molecule has 0 radical (unpaired) electrons. The standard InChI is InChI=1S/C18H18F4N2O2/c1-3-24(9-11-4-7-15(26-2)13(20)8-11)10-16(25)23-14-6-5-12(19)17(21)18(14)22/h4-8H,3,9-10H2,1-2H3,(H,23,25). The van der Waals surface area contributed by atoms with Crippen LogP contribution in [0.5, 0.6) is 5.75 Å². The molecule has 0 saturated carbocycles. The van der Waals surface area contributed by atoms with Gasteiger partial charge in [-0.05, 0) is 36.4 Å². The van der Waals surface area contributed by atoms with Crippen LogP contribution in [0.15, 0.2) is 30.3 Å². The molecule has 0 spiro atoms. The summed E-state index contributed by atoms with van der Waals surface area (Å²) in [5, 5.41) is 2.20. The molecule has 0 saturated heterocycles. The van der Waals surface area contributed by atoms with E-state index in [1.165, 1.54) is 19.2 Å². The average molecular weight is 370 g/mol. The first-order chi connectivity index (χ1) is 12.3. The number of likely N-dealkylation sites (N-methyl/N-ethyl adjacent to an activating group) is 1. The van der Waals surface area contributed by atoms with Crippen LogP contribution < -0.4 is 10.1 Å². The number of hydrogen-bond donors (Lipinski definition) is 1. The maximum absolute atomic E-state index is 13.7. The lowest BCUT2D eigenvalue weighted by Gasteiger charge is -2.20. The molecule has 0 aromatic heterocycles. The zero-order valence-corrected chi connectivity index (χ0v) is 14.3. The maximum atomic E-state index is 13.7. The van der Waals surface area contributed by atoms with E-state index < -0.39 is 34.9 Å². The number of amides is 1. The largest absolute Gasteiger partial charge is 0.494 e. The van der Waals surface area contributed by atoms with Gasteiger partial charge in [-0.1, -0.05) is 13.0 Å². The lowest BCUT2D eigenvalue weighted by Crippen LogP contribution is -2.33. The lowest BCUT2D eigenvalue weighted by atomic mass is 10.2. The van der Waals surface area contributed by atoms with Crippen molar-refractivity contribution in [1.82, 2.24) is 4.90 Å². The average Bonchev–Trinajstić information content (AvgIpc) is 2.62. The van der Waals surface area contributed by atoms with Crippen LogP contribution in [0.3, 0.4) is 0 Å². The number of benzene rings is 2. The Bertz CT molecular complexity index is 799. The summed E-state index contributed by atoms with van der Waals surface area (Å²) >= 11 is 0. The number of ether oxygens (including phenoxy) is 1. The molecule has 0 aliphatic carbocycles. The Labute approximate surface area is 148 Å². The monoisotopic (exact) mass is 370 g/mol. The van der Waals surface area contributed by atoms with Crippen molar-refractivity contribution in [2.24, 2.45) is 0 Å². The van der Waals surface area contributed by atoms with Crippen LogP contribution in [0.2, 0.25) is 0 Å². The number of carbonyl (C=O) groups is 1. The second-order valence-electron chi connectivity index (χ2n) is 5.54. The molecule has 0 aliphatic rings. The molecule has 0 bridgehead atoms. The second kappa shape index (κ2) is 8.66. The minimum Gasteiger partial charge on any atom is -0.494 e. The molecule has 2 aromatic rings. The van der Waals surface area contributed by atoms with Crippen molar-refractivity contribution in [3.8, 4) is 5.75 Å². The molecule has 0 unspecified atom stereocenters. The molecule has 8 heteroatoms. The number of anilines is 1. The van der Waals surface area contributed by atoms with Crippen LogP contribution in [-0.2, 0) is 11.3 Å². The number of hydrogen-bond acceptors (Lipinski definition) is 3. The van der Waals surface area contributed by atoms with Gasteiger partial charge >= 0.3 is 0 Å². The Morgan fingerprint density at radius 2 is 1.81 bits per heavy atom. The summed E-state index contributed by atoms with van der Waals surface area (Å²) in [5.41, 5.74) is 0.178. The Morgan fingerprint density at radius 1 is 1.08 bits per heavy atom. The minimum absolute atomic E-state index is 0.114. The predicted molar refractivity (Wildman–Crippen MR) is 88.8 cm³/mol. The van der Waals surface area contributed by atoms with Crippen molar-refractivity contribution in [2.45, 2.75) is 13.5 Å². The summed E-state index contributed by atoms with van der Waals surface area (Å²) in [6.45, 7) is 2.39. The summed E-state index contributed by atoms with van der Waals surface area (Å²) in [7, 11) is 1.36. The maximum Gasteiger partial charge on any atom is 0.238 e. The zero-order chi connectivity index (χ0) is 19.3. The number of carbonyl (C=O) groups excluding carboxylic acids is 1. The van der Waals surface area contributed by atoms with E-state index in [9.17, 15) is 22.4 Å². The van der Waals surface area contributed by atoms with Crippen LogP contribution in [0.25, 0.3) is 0 Å². The van der Waals surface area contributed by atoms with E-state index in [0.717, 1.165) is 12.1 Å². The minimum atomic E-state index is -1.65. The third-order valence-electron chi connectivity index (χ3n) is 3.75.